The third-order valence-corrected chi connectivity index (χ3v) is 6.78. The van der Waals surface area contributed by atoms with Crippen molar-refractivity contribution in [3.63, 3.8) is 0 Å². The lowest BCUT2D eigenvalue weighted by atomic mass is 9.89. The number of anilines is 1. The normalized spacial score (nSPS) is 15.4. The van der Waals surface area contributed by atoms with Gasteiger partial charge in [-0.1, -0.05) is 67.6 Å². The largest absolute Gasteiger partial charge is 0.315 e. The highest BCUT2D eigenvalue weighted by Crippen LogP contribution is 2.39. The van der Waals surface area contributed by atoms with Crippen molar-refractivity contribution in [1.82, 2.24) is 5.32 Å². The molecule has 0 saturated carbocycles. The van der Waals surface area contributed by atoms with Crippen LogP contribution in [0.1, 0.15) is 46.5 Å². The standard InChI is InChI=1S/C25H25N3OS/c1-17-12-13-20-21(15-26)25(30-22(20)14-17)28-23(29)16-27-24(18-8-4-2-5-9-18)19-10-6-3-7-11-19/h2-11,17,24,27H,12-14,16H2,1H3,(H,28,29)/t17-/m1/s1. The molecule has 1 aliphatic carbocycles. The van der Waals surface area contributed by atoms with E-state index in [9.17, 15) is 10.1 Å². The van der Waals surface area contributed by atoms with E-state index >= 15 is 0 Å². The number of benzene rings is 2. The van der Waals surface area contributed by atoms with Crippen LogP contribution in [0.2, 0.25) is 0 Å². The molecule has 1 atom stereocenters. The van der Waals surface area contributed by atoms with Crippen LogP contribution in [-0.4, -0.2) is 12.5 Å². The van der Waals surface area contributed by atoms with Crippen LogP contribution in [0.5, 0.6) is 0 Å². The summed E-state index contributed by atoms with van der Waals surface area (Å²) in [7, 11) is 0. The fraction of sp³-hybridized carbons (Fsp3) is 0.280. The summed E-state index contributed by atoms with van der Waals surface area (Å²) in [4.78, 5) is 14.0. The van der Waals surface area contributed by atoms with Gasteiger partial charge in [0.05, 0.1) is 18.2 Å². The van der Waals surface area contributed by atoms with Crippen LogP contribution in [0.15, 0.2) is 60.7 Å². The fourth-order valence-electron chi connectivity index (χ4n) is 4.04. The monoisotopic (exact) mass is 415 g/mol. The number of hydrogen-bond acceptors (Lipinski definition) is 4. The van der Waals surface area contributed by atoms with Crippen LogP contribution >= 0.6 is 11.3 Å². The van der Waals surface area contributed by atoms with Gasteiger partial charge in [-0.15, -0.1) is 11.3 Å². The molecule has 2 aromatic carbocycles. The summed E-state index contributed by atoms with van der Waals surface area (Å²) in [5.74, 6) is 0.500. The number of nitrogens with one attached hydrogen (secondary N) is 2. The van der Waals surface area contributed by atoms with E-state index in [4.69, 9.17) is 0 Å². The van der Waals surface area contributed by atoms with Crippen LogP contribution in [0.3, 0.4) is 0 Å². The molecule has 5 heteroatoms. The molecular weight excluding hydrogens is 390 g/mol. The maximum absolute atomic E-state index is 12.7. The highest BCUT2D eigenvalue weighted by molar-refractivity contribution is 7.16. The fourth-order valence-corrected chi connectivity index (χ4v) is 5.42. The van der Waals surface area contributed by atoms with Crippen molar-refractivity contribution in [2.24, 2.45) is 5.92 Å². The molecule has 0 unspecified atom stereocenters. The van der Waals surface area contributed by atoms with Gasteiger partial charge in [0, 0.05) is 4.88 Å². The van der Waals surface area contributed by atoms with Gasteiger partial charge in [-0.05, 0) is 41.9 Å². The summed E-state index contributed by atoms with van der Waals surface area (Å²) in [6.45, 7) is 2.41. The molecule has 0 bridgehead atoms. The van der Waals surface area contributed by atoms with Crippen LogP contribution in [-0.2, 0) is 17.6 Å². The molecule has 152 valence electrons. The van der Waals surface area contributed by atoms with Crippen molar-refractivity contribution >= 4 is 22.2 Å². The predicted molar refractivity (Wildman–Crippen MR) is 122 cm³/mol. The molecule has 0 saturated heterocycles. The van der Waals surface area contributed by atoms with Crippen LogP contribution < -0.4 is 10.6 Å². The first-order chi connectivity index (χ1) is 14.7. The highest BCUT2D eigenvalue weighted by atomic mass is 32.1. The number of fused-ring (bicyclic) bond motifs is 1. The van der Waals surface area contributed by atoms with E-state index in [0.29, 0.717) is 16.5 Å². The zero-order chi connectivity index (χ0) is 20.9. The van der Waals surface area contributed by atoms with Gasteiger partial charge in [0.25, 0.3) is 0 Å². The minimum Gasteiger partial charge on any atom is -0.315 e. The maximum Gasteiger partial charge on any atom is 0.238 e. The molecule has 1 amide bonds. The Balaban J connectivity index is 1.48. The molecule has 4 rings (SSSR count). The van der Waals surface area contributed by atoms with Crippen molar-refractivity contribution in [2.45, 2.75) is 32.2 Å². The Hall–Kier alpha value is -2.94. The SMILES string of the molecule is C[C@@H]1CCc2c(sc(NC(=O)CNC(c3ccccc3)c3ccccc3)c2C#N)C1. The molecule has 1 aromatic heterocycles. The second-order valence-electron chi connectivity index (χ2n) is 7.85. The van der Waals surface area contributed by atoms with Gasteiger partial charge in [0.2, 0.25) is 5.91 Å². The van der Waals surface area contributed by atoms with E-state index < -0.39 is 0 Å². The van der Waals surface area contributed by atoms with Gasteiger partial charge in [-0.25, -0.2) is 0 Å². The summed E-state index contributed by atoms with van der Waals surface area (Å²) in [5, 5.41) is 16.7. The number of nitrogens with zero attached hydrogens (tertiary/aromatic N) is 1. The number of carbonyl (C=O) groups excluding carboxylic acids is 1. The Morgan fingerprint density at radius 2 is 1.77 bits per heavy atom. The zero-order valence-electron chi connectivity index (χ0n) is 17.0. The summed E-state index contributed by atoms with van der Waals surface area (Å²) >= 11 is 1.56. The van der Waals surface area contributed by atoms with Gasteiger partial charge >= 0.3 is 0 Å². The van der Waals surface area contributed by atoms with E-state index in [2.05, 4.69) is 47.9 Å². The summed E-state index contributed by atoms with van der Waals surface area (Å²) in [5.41, 5.74) is 4.00. The molecular formula is C25H25N3OS. The molecule has 1 heterocycles. The van der Waals surface area contributed by atoms with Crippen LogP contribution in [0.4, 0.5) is 5.00 Å². The van der Waals surface area contributed by atoms with Gasteiger partial charge in [0.15, 0.2) is 0 Å². The van der Waals surface area contributed by atoms with E-state index in [-0.39, 0.29) is 18.5 Å². The van der Waals surface area contributed by atoms with Crippen molar-refractivity contribution in [3.05, 3.63) is 87.8 Å². The summed E-state index contributed by atoms with van der Waals surface area (Å²) in [6, 6.07) is 22.5. The minimum absolute atomic E-state index is 0.0778. The molecule has 30 heavy (non-hydrogen) atoms. The average Bonchev–Trinajstić information content (AvgIpc) is 3.11. The van der Waals surface area contributed by atoms with Gasteiger partial charge < -0.3 is 5.32 Å². The number of rotatable bonds is 6. The molecule has 3 aromatic rings. The first-order valence-electron chi connectivity index (χ1n) is 10.3. The molecule has 1 aliphatic rings. The topological polar surface area (TPSA) is 64.9 Å². The van der Waals surface area contributed by atoms with Crippen molar-refractivity contribution in [1.29, 1.82) is 5.26 Å². The van der Waals surface area contributed by atoms with Gasteiger partial charge in [-0.3, -0.25) is 10.1 Å². The number of hydrogen-bond donors (Lipinski definition) is 2. The molecule has 2 N–H and O–H groups in total. The van der Waals surface area contributed by atoms with E-state index in [0.717, 1.165) is 36.0 Å². The third-order valence-electron chi connectivity index (χ3n) is 5.61. The lowest BCUT2D eigenvalue weighted by Gasteiger charge is -2.19. The quantitative estimate of drug-likeness (QED) is 0.591. The van der Waals surface area contributed by atoms with Crippen molar-refractivity contribution < 1.29 is 4.79 Å². The van der Waals surface area contributed by atoms with Crippen molar-refractivity contribution in [3.8, 4) is 6.07 Å². The molecule has 0 aliphatic heterocycles. The number of carbonyl (C=O) groups is 1. The Kier molecular flexibility index (Phi) is 6.27. The van der Waals surface area contributed by atoms with E-state index in [1.807, 2.05) is 36.4 Å². The number of nitriles is 1. The third kappa shape index (κ3) is 4.46. The summed E-state index contributed by atoms with van der Waals surface area (Å²) in [6.07, 6.45) is 3.02. The van der Waals surface area contributed by atoms with Gasteiger partial charge in [0.1, 0.15) is 11.1 Å². The first-order valence-corrected chi connectivity index (χ1v) is 11.1. The number of thiophene rings is 1. The lowest BCUT2D eigenvalue weighted by Crippen LogP contribution is -2.31. The van der Waals surface area contributed by atoms with E-state index in [1.54, 1.807) is 11.3 Å². The second-order valence-corrected chi connectivity index (χ2v) is 8.96. The molecule has 0 fully saturated rings. The Morgan fingerprint density at radius 1 is 1.13 bits per heavy atom. The minimum atomic E-state index is -0.130. The number of amides is 1. The average molecular weight is 416 g/mol. The van der Waals surface area contributed by atoms with Crippen LogP contribution in [0, 0.1) is 17.2 Å². The van der Waals surface area contributed by atoms with Crippen molar-refractivity contribution in [2.75, 3.05) is 11.9 Å². The van der Waals surface area contributed by atoms with E-state index in [1.165, 1.54) is 4.88 Å². The zero-order valence-corrected chi connectivity index (χ0v) is 17.8. The molecule has 0 spiro atoms. The lowest BCUT2D eigenvalue weighted by molar-refractivity contribution is -0.115. The Morgan fingerprint density at radius 3 is 2.37 bits per heavy atom. The Bertz CT molecular complexity index is 1010. The Labute approximate surface area is 181 Å². The summed E-state index contributed by atoms with van der Waals surface area (Å²) < 4.78 is 0. The van der Waals surface area contributed by atoms with Gasteiger partial charge in [-0.2, -0.15) is 5.26 Å². The smallest absolute Gasteiger partial charge is 0.238 e. The maximum atomic E-state index is 12.7. The second kappa shape index (κ2) is 9.25. The molecule has 0 radical (unpaired) electrons. The first kappa shape index (κ1) is 20.3. The predicted octanol–water partition coefficient (Wildman–Crippen LogP) is 5.06. The highest BCUT2D eigenvalue weighted by Gasteiger charge is 2.25. The van der Waals surface area contributed by atoms with Crippen LogP contribution in [0.25, 0.3) is 0 Å². The molecule has 4 nitrogen and oxygen atoms in total.